The lowest BCUT2D eigenvalue weighted by Gasteiger charge is -2.35. The number of nitro benzene ring substituents is 1. The highest BCUT2D eigenvalue weighted by molar-refractivity contribution is 5.79. The molecule has 1 amide bonds. The molecule has 0 radical (unpaired) electrons. The quantitative estimate of drug-likeness (QED) is 0.403. The standard InChI is InChI=1S/C24H26N6O4/c31-22(15-17-5-8-20(9-6-17)30(32)33)29-13-11-28(12-14-29)21-10-7-19(16-25-21)23-26-24(34-27-23)18-3-1-2-4-18/h5-10,16,18H,1-4,11-15H2. The molecule has 0 atom stereocenters. The summed E-state index contributed by atoms with van der Waals surface area (Å²) >= 11 is 0. The van der Waals surface area contributed by atoms with Crippen LogP contribution in [-0.2, 0) is 11.2 Å². The minimum atomic E-state index is -0.443. The van der Waals surface area contributed by atoms with Crippen LogP contribution in [0.25, 0.3) is 11.4 Å². The van der Waals surface area contributed by atoms with Crippen LogP contribution >= 0.6 is 0 Å². The van der Waals surface area contributed by atoms with E-state index in [1.54, 1.807) is 18.3 Å². The topological polar surface area (TPSA) is 118 Å². The van der Waals surface area contributed by atoms with E-state index in [1.807, 2.05) is 17.0 Å². The van der Waals surface area contributed by atoms with Gasteiger partial charge in [-0.3, -0.25) is 14.9 Å². The molecule has 10 heteroatoms. The summed E-state index contributed by atoms with van der Waals surface area (Å²) in [7, 11) is 0. The third-order valence-electron chi connectivity index (χ3n) is 6.61. The Labute approximate surface area is 196 Å². The molecule has 2 aliphatic rings. The van der Waals surface area contributed by atoms with Gasteiger partial charge in [-0.1, -0.05) is 30.1 Å². The highest BCUT2D eigenvalue weighted by Gasteiger charge is 2.24. The average Bonchev–Trinajstić information content (AvgIpc) is 3.57. The van der Waals surface area contributed by atoms with E-state index >= 15 is 0 Å². The van der Waals surface area contributed by atoms with Crippen molar-refractivity contribution in [3.8, 4) is 11.4 Å². The van der Waals surface area contributed by atoms with Gasteiger partial charge >= 0.3 is 0 Å². The molecule has 3 heterocycles. The number of anilines is 1. The number of nitrogens with zero attached hydrogens (tertiary/aromatic N) is 6. The molecule has 5 rings (SSSR count). The van der Waals surface area contributed by atoms with E-state index in [0.717, 1.165) is 35.7 Å². The second-order valence-electron chi connectivity index (χ2n) is 8.81. The molecular formula is C24H26N6O4. The van der Waals surface area contributed by atoms with Crippen molar-refractivity contribution in [3.05, 3.63) is 64.2 Å². The van der Waals surface area contributed by atoms with Crippen LogP contribution in [0.4, 0.5) is 11.5 Å². The van der Waals surface area contributed by atoms with Crippen LogP contribution in [0.2, 0.25) is 0 Å². The molecule has 1 saturated carbocycles. The molecule has 0 bridgehead atoms. The molecule has 1 aliphatic heterocycles. The van der Waals surface area contributed by atoms with Gasteiger partial charge in [0.05, 0.1) is 11.3 Å². The molecule has 1 aromatic carbocycles. The number of carbonyl (C=O) groups is 1. The van der Waals surface area contributed by atoms with E-state index in [9.17, 15) is 14.9 Å². The summed E-state index contributed by atoms with van der Waals surface area (Å²) in [4.78, 5) is 36.1. The lowest BCUT2D eigenvalue weighted by atomic mass is 10.1. The molecule has 10 nitrogen and oxygen atoms in total. The van der Waals surface area contributed by atoms with Crippen LogP contribution < -0.4 is 4.90 Å². The molecule has 2 fully saturated rings. The van der Waals surface area contributed by atoms with Crippen molar-refractivity contribution in [2.75, 3.05) is 31.1 Å². The maximum atomic E-state index is 12.7. The summed E-state index contributed by atoms with van der Waals surface area (Å²) in [6.45, 7) is 2.58. The van der Waals surface area contributed by atoms with Crippen LogP contribution in [0, 0.1) is 10.1 Å². The Morgan fingerprint density at radius 1 is 1.06 bits per heavy atom. The highest BCUT2D eigenvalue weighted by atomic mass is 16.6. The number of hydrogen-bond donors (Lipinski definition) is 0. The Kier molecular flexibility index (Phi) is 6.20. The summed E-state index contributed by atoms with van der Waals surface area (Å²) in [5, 5.41) is 14.9. The van der Waals surface area contributed by atoms with Gasteiger partial charge in [-0.25, -0.2) is 4.98 Å². The van der Waals surface area contributed by atoms with Gasteiger partial charge < -0.3 is 14.3 Å². The predicted octanol–water partition coefficient (Wildman–Crippen LogP) is 3.59. The third-order valence-corrected chi connectivity index (χ3v) is 6.61. The lowest BCUT2D eigenvalue weighted by molar-refractivity contribution is -0.384. The molecule has 34 heavy (non-hydrogen) atoms. The van der Waals surface area contributed by atoms with Crippen LogP contribution in [0.3, 0.4) is 0 Å². The van der Waals surface area contributed by atoms with Crippen LogP contribution in [0.15, 0.2) is 47.1 Å². The van der Waals surface area contributed by atoms with Gasteiger partial charge in [-0.15, -0.1) is 0 Å². The monoisotopic (exact) mass is 462 g/mol. The summed E-state index contributed by atoms with van der Waals surface area (Å²) in [6, 6.07) is 10.0. The lowest BCUT2D eigenvalue weighted by Crippen LogP contribution is -2.49. The first-order chi connectivity index (χ1) is 16.6. The minimum Gasteiger partial charge on any atom is -0.353 e. The zero-order chi connectivity index (χ0) is 23.5. The van der Waals surface area contributed by atoms with Gasteiger partial charge in [0.1, 0.15) is 5.82 Å². The van der Waals surface area contributed by atoms with Crippen LogP contribution in [0.5, 0.6) is 0 Å². The number of carbonyl (C=O) groups excluding carboxylic acids is 1. The van der Waals surface area contributed by atoms with Gasteiger partial charge in [-0.05, 0) is 30.5 Å². The van der Waals surface area contributed by atoms with Crippen molar-refractivity contribution in [1.82, 2.24) is 20.0 Å². The minimum absolute atomic E-state index is 0.0204. The summed E-state index contributed by atoms with van der Waals surface area (Å²) in [5.41, 5.74) is 1.62. The third kappa shape index (κ3) is 4.75. The van der Waals surface area contributed by atoms with Gasteiger partial charge in [-0.2, -0.15) is 4.98 Å². The second-order valence-corrected chi connectivity index (χ2v) is 8.81. The van der Waals surface area contributed by atoms with E-state index in [1.165, 1.54) is 25.0 Å². The molecule has 176 valence electrons. The first-order valence-electron chi connectivity index (χ1n) is 11.6. The fourth-order valence-electron chi connectivity index (χ4n) is 4.60. The average molecular weight is 463 g/mol. The zero-order valence-corrected chi connectivity index (χ0v) is 18.8. The van der Waals surface area contributed by atoms with E-state index in [-0.39, 0.29) is 18.0 Å². The molecule has 0 unspecified atom stereocenters. The van der Waals surface area contributed by atoms with Gasteiger partial charge in [0.25, 0.3) is 5.69 Å². The summed E-state index contributed by atoms with van der Waals surface area (Å²) < 4.78 is 5.48. The Balaban J connectivity index is 1.15. The van der Waals surface area contributed by atoms with E-state index in [4.69, 9.17) is 4.52 Å². The fourth-order valence-corrected chi connectivity index (χ4v) is 4.60. The number of piperazine rings is 1. The number of aromatic nitrogens is 3. The SMILES string of the molecule is O=C(Cc1ccc([N+](=O)[O-])cc1)N1CCN(c2ccc(-c3noc(C4CCCC4)n3)cn2)CC1. The Hall–Kier alpha value is -3.82. The number of amides is 1. The molecule has 0 N–H and O–H groups in total. The fraction of sp³-hybridized carbons (Fsp3) is 0.417. The summed E-state index contributed by atoms with van der Waals surface area (Å²) in [6.07, 6.45) is 6.66. The molecule has 1 aliphatic carbocycles. The number of hydrogen-bond acceptors (Lipinski definition) is 8. The van der Waals surface area contributed by atoms with Crippen molar-refractivity contribution in [2.45, 2.75) is 38.0 Å². The van der Waals surface area contributed by atoms with Crippen molar-refractivity contribution < 1.29 is 14.2 Å². The van der Waals surface area contributed by atoms with Gasteiger partial charge in [0.15, 0.2) is 0 Å². The van der Waals surface area contributed by atoms with Crippen LogP contribution in [0.1, 0.15) is 43.1 Å². The molecule has 1 saturated heterocycles. The van der Waals surface area contributed by atoms with Crippen molar-refractivity contribution in [3.63, 3.8) is 0 Å². The Morgan fingerprint density at radius 2 is 1.79 bits per heavy atom. The van der Waals surface area contributed by atoms with E-state index in [0.29, 0.717) is 37.9 Å². The highest BCUT2D eigenvalue weighted by Crippen LogP contribution is 2.34. The second kappa shape index (κ2) is 9.58. The normalized spacial score (nSPS) is 16.7. The van der Waals surface area contributed by atoms with E-state index in [2.05, 4.69) is 20.0 Å². The molecular weight excluding hydrogens is 436 g/mol. The number of pyridine rings is 1. The molecule has 2 aromatic heterocycles. The van der Waals surface area contributed by atoms with E-state index < -0.39 is 4.92 Å². The van der Waals surface area contributed by atoms with Crippen LogP contribution in [-0.4, -0.2) is 57.0 Å². The largest absolute Gasteiger partial charge is 0.353 e. The zero-order valence-electron chi connectivity index (χ0n) is 18.8. The number of non-ortho nitro benzene ring substituents is 1. The number of benzene rings is 1. The van der Waals surface area contributed by atoms with Crippen molar-refractivity contribution >= 4 is 17.4 Å². The predicted molar refractivity (Wildman–Crippen MR) is 124 cm³/mol. The molecule has 3 aromatic rings. The van der Waals surface area contributed by atoms with Gasteiger partial charge in [0, 0.05) is 56.0 Å². The van der Waals surface area contributed by atoms with Crippen molar-refractivity contribution in [2.24, 2.45) is 0 Å². The maximum Gasteiger partial charge on any atom is 0.269 e. The Morgan fingerprint density at radius 3 is 2.44 bits per heavy atom. The van der Waals surface area contributed by atoms with Gasteiger partial charge in [0.2, 0.25) is 17.6 Å². The first kappa shape index (κ1) is 22.0. The number of rotatable bonds is 6. The molecule has 0 spiro atoms. The smallest absolute Gasteiger partial charge is 0.269 e. The first-order valence-corrected chi connectivity index (χ1v) is 11.6. The number of nitro groups is 1. The van der Waals surface area contributed by atoms with Crippen molar-refractivity contribution in [1.29, 1.82) is 0 Å². The maximum absolute atomic E-state index is 12.7. The summed E-state index contributed by atoms with van der Waals surface area (Å²) in [5.74, 6) is 2.55. The Bertz CT molecular complexity index is 1150.